The standard InChI is InChI=1S/C14H19NO5S/c1-4-10(2)15-21(18,19)13-9-11(6-8-14(16)17)5-7-12(13)20-3/h5-10,15H,4H2,1-3H3,(H,16,17)/b8-6+/t10-/m1/s1. The second-order valence-electron chi connectivity index (χ2n) is 4.51. The Bertz CT molecular complexity index is 637. The summed E-state index contributed by atoms with van der Waals surface area (Å²) in [6.07, 6.45) is 2.92. The fourth-order valence-electron chi connectivity index (χ4n) is 1.59. The molecule has 7 heteroatoms. The minimum absolute atomic E-state index is 0.0159. The summed E-state index contributed by atoms with van der Waals surface area (Å²) in [4.78, 5) is 10.5. The Kier molecular flexibility index (Phi) is 5.92. The Morgan fingerprint density at radius 3 is 2.67 bits per heavy atom. The van der Waals surface area contributed by atoms with E-state index in [9.17, 15) is 13.2 Å². The summed E-state index contributed by atoms with van der Waals surface area (Å²) in [5.41, 5.74) is 0.461. The Morgan fingerprint density at radius 2 is 2.14 bits per heavy atom. The second kappa shape index (κ2) is 7.24. The fourth-order valence-corrected chi connectivity index (χ4v) is 3.12. The average molecular weight is 313 g/mol. The Labute approximate surface area is 124 Å². The van der Waals surface area contributed by atoms with Crippen LogP contribution in [0.15, 0.2) is 29.2 Å². The first-order valence-corrected chi connectivity index (χ1v) is 7.89. The lowest BCUT2D eigenvalue weighted by Gasteiger charge is -2.15. The van der Waals surface area contributed by atoms with Gasteiger partial charge in [0.25, 0.3) is 0 Å². The highest BCUT2D eigenvalue weighted by Gasteiger charge is 2.21. The largest absolute Gasteiger partial charge is 0.495 e. The van der Waals surface area contributed by atoms with Gasteiger partial charge in [0.2, 0.25) is 10.0 Å². The number of carboxylic acids is 1. The van der Waals surface area contributed by atoms with Gasteiger partial charge in [0.15, 0.2) is 0 Å². The maximum Gasteiger partial charge on any atom is 0.328 e. The monoisotopic (exact) mass is 313 g/mol. The van der Waals surface area contributed by atoms with Crippen LogP contribution in [0.5, 0.6) is 5.75 Å². The summed E-state index contributed by atoms with van der Waals surface area (Å²) >= 11 is 0. The maximum atomic E-state index is 12.3. The van der Waals surface area contributed by atoms with Gasteiger partial charge in [-0.1, -0.05) is 13.0 Å². The van der Waals surface area contributed by atoms with Crippen molar-refractivity contribution in [1.29, 1.82) is 0 Å². The Balaban J connectivity index is 3.25. The third kappa shape index (κ3) is 4.87. The molecule has 21 heavy (non-hydrogen) atoms. The van der Waals surface area contributed by atoms with Crippen molar-refractivity contribution in [3.8, 4) is 5.75 Å². The van der Waals surface area contributed by atoms with E-state index in [4.69, 9.17) is 9.84 Å². The molecule has 1 aromatic rings. The van der Waals surface area contributed by atoms with Gasteiger partial charge in [0.1, 0.15) is 10.6 Å². The van der Waals surface area contributed by atoms with Gasteiger partial charge in [0, 0.05) is 12.1 Å². The molecule has 0 unspecified atom stereocenters. The van der Waals surface area contributed by atoms with Crippen LogP contribution in [0.1, 0.15) is 25.8 Å². The summed E-state index contributed by atoms with van der Waals surface area (Å²) in [5, 5.41) is 8.61. The molecule has 0 radical (unpaired) electrons. The summed E-state index contributed by atoms with van der Waals surface area (Å²) < 4.78 is 32.3. The number of carboxylic acid groups (broad SMARTS) is 1. The lowest BCUT2D eigenvalue weighted by Crippen LogP contribution is -2.32. The molecule has 0 saturated carbocycles. The molecule has 0 spiro atoms. The van der Waals surface area contributed by atoms with Crippen LogP contribution in [-0.4, -0.2) is 32.6 Å². The van der Waals surface area contributed by atoms with E-state index < -0.39 is 16.0 Å². The predicted octanol–water partition coefficient (Wildman–Crippen LogP) is 1.87. The van der Waals surface area contributed by atoms with Crippen LogP contribution in [0.4, 0.5) is 0 Å². The predicted molar refractivity (Wildman–Crippen MR) is 79.7 cm³/mol. The van der Waals surface area contributed by atoms with E-state index in [1.807, 2.05) is 6.92 Å². The first-order chi connectivity index (χ1) is 9.80. The molecule has 1 aromatic carbocycles. The highest BCUT2D eigenvalue weighted by atomic mass is 32.2. The van der Waals surface area contributed by atoms with Crippen molar-refractivity contribution in [2.45, 2.75) is 31.2 Å². The third-order valence-electron chi connectivity index (χ3n) is 2.86. The minimum Gasteiger partial charge on any atom is -0.495 e. The van der Waals surface area contributed by atoms with Crippen molar-refractivity contribution in [3.63, 3.8) is 0 Å². The molecule has 0 bridgehead atoms. The Morgan fingerprint density at radius 1 is 1.48 bits per heavy atom. The number of sulfonamides is 1. The quantitative estimate of drug-likeness (QED) is 0.750. The normalized spacial score (nSPS) is 13.3. The van der Waals surface area contributed by atoms with E-state index >= 15 is 0 Å². The first kappa shape index (κ1) is 17.2. The van der Waals surface area contributed by atoms with Crippen LogP contribution in [0.3, 0.4) is 0 Å². The van der Waals surface area contributed by atoms with E-state index in [-0.39, 0.29) is 16.7 Å². The molecule has 0 aliphatic carbocycles. The van der Waals surface area contributed by atoms with Crippen LogP contribution in [0.2, 0.25) is 0 Å². The SMILES string of the molecule is CC[C@@H](C)NS(=O)(=O)c1cc(/C=C/C(=O)O)ccc1OC. The molecule has 1 rings (SSSR count). The molecule has 0 aliphatic heterocycles. The third-order valence-corrected chi connectivity index (χ3v) is 4.48. The highest BCUT2D eigenvalue weighted by Crippen LogP contribution is 2.25. The number of aliphatic carboxylic acids is 1. The van der Waals surface area contributed by atoms with E-state index in [2.05, 4.69) is 4.72 Å². The van der Waals surface area contributed by atoms with Crippen LogP contribution in [0.25, 0.3) is 6.08 Å². The van der Waals surface area contributed by atoms with Crippen molar-refractivity contribution >= 4 is 22.1 Å². The number of rotatable bonds is 7. The average Bonchev–Trinajstić information content (AvgIpc) is 2.44. The topological polar surface area (TPSA) is 92.7 Å². The first-order valence-electron chi connectivity index (χ1n) is 6.41. The van der Waals surface area contributed by atoms with Crippen LogP contribution < -0.4 is 9.46 Å². The summed E-state index contributed by atoms with van der Waals surface area (Å²) in [7, 11) is -2.35. The molecule has 2 N–H and O–H groups in total. The minimum atomic E-state index is -3.73. The van der Waals surface area contributed by atoms with Gasteiger partial charge >= 0.3 is 5.97 Å². The number of methoxy groups -OCH3 is 1. The zero-order valence-corrected chi connectivity index (χ0v) is 13.0. The maximum absolute atomic E-state index is 12.3. The van der Waals surface area contributed by atoms with Gasteiger partial charge in [-0.2, -0.15) is 0 Å². The number of hydrogen-bond donors (Lipinski definition) is 2. The fraction of sp³-hybridized carbons (Fsp3) is 0.357. The molecule has 116 valence electrons. The van der Waals surface area contributed by atoms with Crippen molar-refractivity contribution in [2.75, 3.05) is 7.11 Å². The molecule has 6 nitrogen and oxygen atoms in total. The van der Waals surface area contributed by atoms with Gasteiger partial charge in [0.05, 0.1) is 7.11 Å². The molecule has 0 saturated heterocycles. The number of hydrogen-bond acceptors (Lipinski definition) is 4. The van der Waals surface area contributed by atoms with Crippen LogP contribution in [0, 0.1) is 0 Å². The molecule has 0 amide bonds. The number of benzene rings is 1. The molecule has 0 aliphatic rings. The molecular weight excluding hydrogens is 294 g/mol. The number of nitrogens with one attached hydrogen (secondary N) is 1. The molecule has 0 fully saturated rings. The zero-order chi connectivity index (χ0) is 16.0. The highest BCUT2D eigenvalue weighted by molar-refractivity contribution is 7.89. The van der Waals surface area contributed by atoms with Gasteiger partial charge in [-0.15, -0.1) is 0 Å². The lowest BCUT2D eigenvalue weighted by atomic mass is 10.2. The summed E-state index contributed by atoms with van der Waals surface area (Å²) in [6, 6.07) is 4.24. The van der Waals surface area contributed by atoms with Crippen LogP contribution >= 0.6 is 0 Å². The van der Waals surface area contributed by atoms with Crippen molar-refractivity contribution < 1.29 is 23.1 Å². The molecular formula is C14H19NO5S. The smallest absolute Gasteiger partial charge is 0.328 e. The van der Waals surface area contributed by atoms with Gasteiger partial charge in [-0.25, -0.2) is 17.9 Å². The lowest BCUT2D eigenvalue weighted by molar-refractivity contribution is -0.131. The summed E-state index contributed by atoms with van der Waals surface area (Å²) in [5.74, 6) is -0.897. The van der Waals surface area contributed by atoms with E-state index in [1.54, 1.807) is 13.0 Å². The molecule has 1 atom stereocenters. The van der Waals surface area contributed by atoms with E-state index in [1.165, 1.54) is 25.3 Å². The molecule has 0 heterocycles. The van der Waals surface area contributed by atoms with Gasteiger partial charge in [-0.3, -0.25) is 0 Å². The van der Waals surface area contributed by atoms with Gasteiger partial charge in [-0.05, 0) is 37.1 Å². The number of carbonyl (C=O) groups is 1. The van der Waals surface area contributed by atoms with E-state index in [0.29, 0.717) is 12.0 Å². The van der Waals surface area contributed by atoms with Gasteiger partial charge < -0.3 is 9.84 Å². The van der Waals surface area contributed by atoms with E-state index in [0.717, 1.165) is 6.08 Å². The Hall–Kier alpha value is -1.86. The van der Waals surface area contributed by atoms with Crippen molar-refractivity contribution in [1.82, 2.24) is 4.72 Å². The second-order valence-corrected chi connectivity index (χ2v) is 6.19. The summed E-state index contributed by atoms with van der Waals surface area (Å²) in [6.45, 7) is 3.63. The van der Waals surface area contributed by atoms with Crippen molar-refractivity contribution in [2.24, 2.45) is 0 Å². The zero-order valence-electron chi connectivity index (χ0n) is 12.2. The van der Waals surface area contributed by atoms with Crippen LogP contribution in [-0.2, 0) is 14.8 Å². The molecule has 0 aromatic heterocycles. The van der Waals surface area contributed by atoms with Crippen molar-refractivity contribution in [3.05, 3.63) is 29.8 Å². The number of ether oxygens (including phenoxy) is 1.